The van der Waals surface area contributed by atoms with E-state index >= 15 is 0 Å². The molecule has 0 bridgehead atoms. The Labute approximate surface area is 136 Å². The summed E-state index contributed by atoms with van der Waals surface area (Å²) in [5, 5.41) is 2.59. The maximum atomic E-state index is 4.12. The van der Waals surface area contributed by atoms with E-state index in [1.807, 2.05) is 45.5 Å². The van der Waals surface area contributed by atoms with Crippen LogP contribution in [0.5, 0.6) is 0 Å². The number of benzene rings is 2. The first-order chi connectivity index (χ1) is 11.4. The van der Waals surface area contributed by atoms with Crippen LogP contribution >= 0.6 is 11.3 Å². The molecular weight excluding hydrogens is 304 g/mol. The van der Waals surface area contributed by atoms with E-state index in [0.29, 0.717) is 0 Å². The summed E-state index contributed by atoms with van der Waals surface area (Å²) in [7, 11) is 0. The summed E-state index contributed by atoms with van der Waals surface area (Å²) in [6, 6.07) is 13.1. The van der Waals surface area contributed by atoms with Crippen molar-refractivity contribution in [2.24, 2.45) is 0 Å². The van der Waals surface area contributed by atoms with Crippen LogP contribution in [0.25, 0.3) is 31.5 Å². The standard InChI is InChI=1S/C18H12N4S/c1-3-15-16-4-2-14(22-8-6-20-12-22)10-18(16)23-17(15)9-13(1)21-7-5-19-11-21/h1-12H. The lowest BCUT2D eigenvalue weighted by atomic mass is 10.1. The van der Waals surface area contributed by atoms with Crippen molar-refractivity contribution < 1.29 is 0 Å². The second kappa shape index (κ2) is 4.79. The molecule has 0 aliphatic rings. The van der Waals surface area contributed by atoms with E-state index in [1.165, 1.54) is 20.2 Å². The Morgan fingerprint density at radius 1 is 0.696 bits per heavy atom. The molecule has 23 heavy (non-hydrogen) atoms. The Morgan fingerprint density at radius 2 is 1.22 bits per heavy atom. The van der Waals surface area contributed by atoms with Crippen molar-refractivity contribution in [3.63, 3.8) is 0 Å². The summed E-state index contributed by atoms with van der Waals surface area (Å²) < 4.78 is 6.63. The van der Waals surface area contributed by atoms with Crippen LogP contribution in [0, 0.1) is 0 Å². The van der Waals surface area contributed by atoms with Crippen molar-refractivity contribution in [2.75, 3.05) is 0 Å². The first kappa shape index (κ1) is 12.6. The first-order valence-corrected chi connectivity index (χ1v) is 8.13. The van der Waals surface area contributed by atoms with E-state index in [0.717, 1.165) is 11.4 Å². The molecule has 110 valence electrons. The number of nitrogens with zero attached hydrogens (tertiary/aromatic N) is 4. The van der Waals surface area contributed by atoms with Gasteiger partial charge in [-0.25, -0.2) is 9.97 Å². The molecule has 5 rings (SSSR count). The molecule has 0 saturated carbocycles. The van der Waals surface area contributed by atoms with Crippen LogP contribution in [0.1, 0.15) is 0 Å². The minimum Gasteiger partial charge on any atom is -0.306 e. The van der Waals surface area contributed by atoms with Crippen molar-refractivity contribution in [1.29, 1.82) is 0 Å². The molecule has 5 heteroatoms. The average Bonchev–Trinajstić information content (AvgIpc) is 3.32. The SMILES string of the molecule is c1cn(-c2ccc3c(c2)sc2cc(-n4ccnc4)ccc23)cn1. The zero-order valence-corrected chi connectivity index (χ0v) is 12.9. The van der Waals surface area contributed by atoms with Crippen molar-refractivity contribution in [3.8, 4) is 11.4 Å². The van der Waals surface area contributed by atoms with Crippen molar-refractivity contribution in [1.82, 2.24) is 19.1 Å². The number of rotatable bonds is 2. The fourth-order valence-electron chi connectivity index (χ4n) is 2.90. The minimum atomic E-state index is 1.14. The lowest BCUT2D eigenvalue weighted by Crippen LogP contribution is -1.88. The Hall–Kier alpha value is -2.92. The number of aromatic nitrogens is 4. The van der Waals surface area contributed by atoms with Gasteiger partial charge >= 0.3 is 0 Å². The zero-order chi connectivity index (χ0) is 15.2. The van der Waals surface area contributed by atoms with Gasteiger partial charge in [0.15, 0.2) is 0 Å². The quantitative estimate of drug-likeness (QED) is 0.483. The van der Waals surface area contributed by atoms with Crippen LogP contribution in [-0.4, -0.2) is 19.1 Å². The highest BCUT2D eigenvalue weighted by atomic mass is 32.1. The predicted octanol–water partition coefficient (Wildman–Crippen LogP) is 4.43. The summed E-state index contributed by atoms with van der Waals surface area (Å²) >= 11 is 1.82. The van der Waals surface area contributed by atoms with Gasteiger partial charge in [0.25, 0.3) is 0 Å². The monoisotopic (exact) mass is 316 g/mol. The van der Waals surface area contributed by atoms with E-state index in [2.05, 4.69) is 46.4 Å². The van der Waals surface area contributed by atoms with Crippen LogP contribution in [0.2, 0.25) is 0 Å². The summed E-state index contributed by atoms with van der Waals surface area (Å²) in [4.78, 5) is 8.24. The number of fused-ring (bicyclic) bond motifs is 3. The molecular formula is C18H12N4S. The second-order valence-corrected chi connectivity index (χ2v) is 6.49. The molecule has 3 heterocycles. The Balaban J connectivity index is 1.71. The molecule has 4 nitrogen and oxygen atoms in total. The molecule has 0 fully saturated rings. The lowest BCUT2D eigenvalue weighted by molar-refractivity contribution is 1.06. The first-order valence-electron chi connectivity index (χ1n) is 7.31. The summed E-state index contributed by atoms with van der Waals surface area (Å²) in [5.41, 5.74) is 2.27. The van der Waals surface area contributed by atoms with Gasteiger partial charge in [-0.15, -0.1) is 11.3 Å². The third-order valence-corrected chi connectivity index (χ3v) is 5.16. The molecule has 0 amide bonds. The third-order valence-electron chi connectivity index (χ3n) is 4.05. The smallest absolute Gasteiger partial charge is 0.0991 e. The summed E-state index contributed by atoms with van der Waals surface area (Å²) in [6.07, 6.45) is 11.2. The van der Waals surface area contributed by atoms with Gasteiger partial charge < -0.3 is 9.13 Å². The summed E-state index contributed by atoms with van der Waals surface area (Å²) in [5.74, 6) is 0. The van der Waals surface area contributed by atoms with Crippen molar-refractivity contribution >= 4 is 31.5 Å². The molecule has 0 unspecified atom stereocenters. The van der Waals surface area contributed by atoms with E-state index < -0.39 is 0 Å². The van der Waals surface area contributed by atoms with E-state index in [-0.39, 0.29) is 0 Å². The predicted molar refractivity (Wildman–Crippen MR) is 93.6 cm³/mol. The van der Waals surface area contributed by atoms with Gasteiger partial charge in [0, 0.05) is 56.3 Å². The van der Waals surface area contributed by atoms with Gasteiger partial charge in [0.1, 0.15) is 0 Å². The molecule has 0 N–H and O–H groups in total. The molecule has 0 aliphatic heterocycles. The van der Waals surface area contributed by atoms with Gasteiger partial charge in [-0.1, -0.05) is 12.1 Å². The molecule has 0 aliphatic carbocycles. The maximum absolute atomic E-state index is 4.12. The topological polar surface area (TPSA) is 35.6 Å². The average molecular weight is 316 g/mol. The lowest BCUT2D eigenvalue weighted by Gasteiger charge is -2.02. The molecule has 2 aromatic carbocycles. The number of imidazole rings is 2. The fraction of sp³-hybridized carbons (Fsp3) is 0. The Kier molecular flexibility index (Phi) is 2.63. The summed E-state index contributed by atoms with van der Waals surface area (Å²) in [6.45, 7) is 0. The largest absolute Gasteiger partial charge is 0.306 e. The van der Waals surface area contributed by atoms with Crippen LogP contribution in [0.3, 0.4) is 0 Å². The van der Waals surface area contributed by atoms with Crippen LogP contribution in [0.4, 0.5) is 0 Å². The molecule has 5 aromatic rings. The van der Waals surface area contributed by atoms with Crippen molar-refractivity contribution in [3.05, 3.63) is 73.8 Å². The number of hydrogen-bond donors (Lipinski definition) is 0. The van der Waals surface area contributed by atoms with E-state index in [9.17, 15) is 0 Å². The van der Waals surface area contributed by atoms with Gasteiger partial charge in [-0.05, 0) is 24.3 Å². The highest BCUT2D eigenvalue weighted by molar-refractivity contribution is 7.25. The minimum absolute atomic E-state index is 1.14. The maximum Gasteiger partial charge on any atom is 0.0991 e. The molecule has 0 spiro atoms. The molecule has 0 radical (unpaired) electrons. The number of hydrogen-bond acceptors (Lipinski definition) is 3. The van der Waals surface area contributed by atoms with Crippen LogP contribution in [-0.2, 0) is 0 Å². The van der Waals surface area contributed by atoms with E-state index in [4.69, 9.17) is 0 Å². The molecule has 0 saturated heterocycles. The van der Waals surface area contributed by atoms with Gasteiger partial charge in [-0.2, -0.15) is 0 Å². The van der Waals surface area contributed by atoms with Crippen LogP contribution in [0.15, 0.2) is 73.8 Å². The molecule has 3 aromatic heterocycles. The zero-order valence-electron chi connectivity index (χ0n) is 12.1. The third kappa shape index (κ3) is 1.98. The Bertz CT molecular complexity index is 1020. The highest BCUT2D eigenvalue weighted by Gasteiger charge is 2.08. The highest BCUT2D eigenvalue weighted by Crippen LogP contribution is 2.36. The van der Waals surface area contributed by atoms with Gasteiger partial charge in [-0.3, -0.25) is 0 Å². The fourth-order valence-corrected chi connectivity index (χ4v) is 4.07. The van der Waals surface area contributed by atoms with Gasteiger partial charge in [0.2, 0.25) is 0 Å². The second-order valence-electron chi connectivity index (χ2n) is 5.40. The van der Waals surface area contributed by atoms with E-state index in [1.54, 1.807) is 12.4 Å². The molecule has 0 atom stereocenters. The normalized spacial score (nSPS) is 11.5. The number of thiophene rings is 1. The van der Waals surface area contributed by atoms with Crippen LogP contribution < -0.4 is 0 Å². The Morgan fingerprint density at radius 3 is 1.65 bits per heavy atom. The van der Waals surface area contributed by atoms with Gasteiger partial charge in [0.05, 0.1) is 12.7 Å². The van der Waals surface area contributed by atoms with Crippen molar-refractivity contribution in [2.45, 2.75) is 0 Å².